The Morgan fingerprint density at radius 1 is 1.47 bits per heavy atom. The lowest BCUT2D eigenvalue weighted by atomic mass is 10.0. The minimum atomic E-state index is -0.256. The van der Waals surface area contributed by atoms with Gasteiger partial charge in [0, 0.05) is 5.33 Å². The first kappa shape index (κ1) is 12.2. The fraction of sp³-hybridized carbons (Fsp3) is 0.417. The van der Waals surface area contributed by atoms with Crippen molar-refractivity contribution in [1.82, 2.24) is 0 Å². The molecule has 0 aromatic heterocycles. The summed E-state index contributed by atoms with van der Waals surface area (Å²) >= 11 is 3.39. The van der Waals surface area contributed by atoms with E-state index in [-0.39, 0.29) is 5.97 Å². The largest absolute Gasteiger partial charge is 0.465 e. The summed E-state index contributed by atoms with van der Waals surface area (Å²) in [7, 11) is 1.41. The molecule has 2 nitrogen and oxygen atoms in total. The van der Waals surface area contributed by atoms with E-state index >= 15 is 0 Å². The van der Waals surface area contributed by atoms with Gasteiger partial charge in [-0.15, -0.1) is 0 Å². The SMILES string of the molecule is COC(=O)c1cc(CCCBr)ccc1C. The van der Waals surface area contributed by atoms with Crippen LogP contribution >= 0.6 is 15.9 Å². The number of hydrogen-bond acceptors (Lipinski definition) is 2. The van der Waals surface area contributed by atoms with Crippen LogP contribution in [0.1, 0.15) is 27.9 Å². The Bertz CT molecular complexity index is 347. The molecule has 0 saturated carbocycles. The van der Waals surface area contributed by atoms with Gasteiger partial charge in [-0.05, 0) is 37.0 Å². The summed E-state index contributed by atoms with van der Waals surface area (Å²) in [6.07, 6.45) is 2.05. The summed E-state index contributed by atoms with van der Waals surface area (Å²) in [5, 5.41) is 0.981. The number of alkyl halides is 1. The predicted molar refractivity (Wildman–Crippen MR) is 64.6 cm³/mol. The minimum Gasteiger partial charge on any atom is -0.465 e. The van der Waals surface area contributed by atoms with Crippen LogP contribution in [0.4, 0.5) is 0 Å². The lowest BCUT2D eigenvalue weighted by molar-refractivity contribution is 0.0600. The summed E-state index contributed by atoms with van der Waals surface area (Å²) in [5.74, 6) is -0.256. The van der Waals surface area contributed by atoms with Gasteiger partial charge in [0.25, 0.3) is 0 Å². The molecule has 0 aliphatic rings. The summed E-state index contributed by atoms with van der Waals surface area (Å²) in [6, 6.07) is 5.95. The number of halogens is 1. The Morgan fingerprint density at radius 3 is 2.80 bits per heavy atom. The molecule has 0 unspecified atom stereocenters. The van der Waals surface area contributed by atoms with E-state index < -0.39 is 0 Å². The number of benzene rings is 1. The van der Waals surface area contributed by atoms with Gasteiger partial charge in [-0.3, -0.25) is 0 Å². The molecule has 0 aliphatic heterocycles. The number of carbonyl (C=O) groups excluding carboxylic acids is 1. The third kappa shape index (κ3) is 3.34. The van der Waals surface area contributed by atoms with E-state index in [4.69, 9.17) is 4.74 Å². The molecule has 0 saturated heterocycles. The molecule has 0 atom stereocenters. The van der Waals surface area contributed by atoms with Crippen molar-refractivity contribution < 1.29 is 9.53 Å². The maximum absolute atomic E-state index is 11.4. The molecule has 0 heterocycles. The second-order valence-corrected chi connectivity index (χ2v) is 4.23. The monoisotopic (exact) mass is 270 g/mol. The maximum Gasteiger partial charge on any atom is 0.338 e. The fourth-order valence-corrected chi connectivity index (χ4v) is 1.71. The fourth-order valence-electron chi connectivity index (χ4n) is 1.43. The Labute approximate surface area is 98.8 Å². The zero-order chi connectivity index (χ0) is 11.3. The molecule has 3 heteroatoms. The highest BCUT2D eigenvalue weighted by atomic mass is 79.9. The molecule has 0 amide bonds. The molecule has 82 valence electrons. The van der Waals surface area contributed by atoms with Gasteiger partial charge < -0.3 is 4.74 Å². The number of ether oxygens (including phenoxy) is 1. The number of methoxy groups -OCH3 is 1. The zero-order valence-corrected chi connectivity index (χ0v) is 10.6. The zero-order valence-electron chi connectivity index (χ0n) is 9.05. The topological polar surface area (TPSA) is 26.3 Å². The molecular weight excluding hydrogens is 256 g/mol. The number of esters is 1. The van der Waals surface area contributed by atoms with E-state index in [1.807, 2.05) is 19.1 Å². The first-order valence-corrected chi connectivity index (χ1v) is 6.05. The van der Waals surface area contributed by atoms with Gasteiger partial charge in [-0.1, -0.05) is 28.1 Å². The van der Waals surface area contributed by atoms with Crippen molar-refractivity contribution in [1.29, 1.82) is 0 Å². The molecule has 0 bridgehead atoms. The van der Waals surface area contributed by atoms with Crippen LogP contribution in [-0.4, -0.2) is 18.4 Å². The Kier molecular flexibility index (Phi) is 4.82. The lowest BCUT2D eigenvalue weighted by Gasteiger charge is -2.06. The molecule has 1 aromatic carbocycles. The molecule has 0 N–H and O–H groups in total. The number of hydrogen-bond donors (Lipinski definition) is 0. The molecule has 15 heavy (non-hydrogen) atoms. The Morgan fingerprint density at radius 2 is 2.20 bits per heavy atom. The third-order valence-electron chi connectivity index (χ3n) is 2.31. The van der Waals surface area contributed by atoms with E-state index in [1.54, 1.807) is 0 Å². The van der Waals surface area contributed by atoms with Gasteiger partial charge in [0.2, 0.25) is 0 Å². The Hall–Kier alpha value is -0.830. The van der Waals surface area contributed by atoms with Crippen LogP contribution in [0.15, 0.2) is 18.2 Å². The van der Waals surface area contributed by atoms with Crippen molar-refractivity contribution in [3.8, 4) is 0 Å². The average molecular weight is 271 g/mol. The normalized spacial score (nSPS) is 10.1. The molecule has 0 aliphatic carbocycles. The van der Waals surface area contributed by atoms with Crippen LogP contribution < -0.4 is 0 Å². The summed E-state index contributed by atoms with van der Waals surface area (Å²) in [6.45, 7) is 1.92. The molecular formula is C12H15BrO2. The summed E-state index contributed by atoms with van der Waals surface area (Å²) in [5.41, 5.74) is 2.81. The van der Waals surface area contributed by atoms with Crippen molar-refractivity contribution in [2.45, 2.75) is 19.8 Å². The first-order chi connectivity index (χ1) is 7.19. The summed E-state index contributed by atoms with van der Waals surface area (Å²) in [4.78, 5) is 11.4. The van der Waals surface area contributed by atoms with E-state index in [0.29, 0.717) is 5.56 Å². The van der Waals surface area contributed by atoms with Crippen LogP contribution in [0.25, 0.3) is 0 Å². The quantitative estimate of drug-likeness (QED) is 0.621. The van der Waals surface area contributed by atoms with Gasteiger partial charge in [0.15, 0.2) is 0 Å². The van der Waals surface area contributed by atoms with Gasteiger partial charge in [0.05, 0.1) is 12.7 Å². The van der Waals surface area contributed by atoms with E-state index in [1.165, 1.54) is 12.7 Å². The van der Waals surface area contributed by atoms with Gasteiger partial charge in [0.1, 0.15) is 0 Å². The van der Waals surface area contributed by atoms with Crippen LogP contribution in [0.2, 0.25) is 0 Å². The molecule has 1 rings (SSSR count). The highest BCUT2D eigenvalue weighted by Gasteiger charge is 2.09. The average Bonchev–Trinajstić information content (AvgIpc) is 2.27. The Balaban J connectivity index is 2.89. The number of aryl methyl sites for hydroxylation is 2. The maximum atomic E-state index is 11.4. The smallest absolute Gasteiger partial charge is 0.338 e. The van der Waals surface area contributed by atoms with Gasteiger partial charge >= 0.3 is 5.97 Å². The van der Waals surface area contributed by atoms with Crippen molar-refractivity contribution in [3.05, 3.63) is 34.9 Å². The van der Waals surface area contributed by atoms with Gasteiger partial charge in [-0.2, -0.15) is 0 Å². The second-order valence-electron chi connectivity index (χ2n) is 3.43. The molecule has 0 spiro atoms. The second kappa shape index (κ2) is 5.91. The standard InChI is InChI=1S/C12H15BrO2/c1-9-5-6-10(4-3-7-13)8-11(9)12(14)15-2/h5-6,8H,3-4,7H2,1-2H3. The van der Waals surface area contributed by atoms with E-state index in [2.05, 4.69) is 22.0 Å². The van der Waals surface area contributed by atoms with Crippen molar-refractivity contribution in [2.75, 3.05) is 12.4 Å². The highest BCUT2D eigenvalue weighted by Crippen LogP contribution is 2.14. The van der Waals surface area contributed by atoms with Crippen LogP contribution in [0.5, 0.6) is 0 Å². The van der Waals surface area contributed by atoms with Gasteiger partial charge in [-0.25, -0.2) is 4.79 Å². The van der Waals surface area contributed by atoms with Crippen LogP contribution in [-0.2, 0) is 11.2 Å². The van der Waals surface area contributed by atoms with E-state index in [9.17, 15) is 4.79 Å². The van der Waals surface area contributed by atoms with Crippen LogP contribution in [0.3, 0.4) is 0 Å². The highest BCUT2D eigenvalue weighted by molar-refractivity contribution is 9.09. The van der Waals surface area contributed by atoms with Crippen LogP contribution in [0, 0.1) is 6.92 Å². The van der Waals surface area contributed by atoms with E-state index in [0.717, 1.165) is 23.7 Å². The molecule has 0 fully saturated rings. The lowest BCUT2D eigenvalue weighted by Crippen LogP contribution is -2.04. The van der Waals surface area contributed by atoms with Crippen molar-refractivity contribution in [3.63, 3.8) is 0 Å². The summed E-state index contributed by atoms with van der Waals surface area (Å²) < 4.78 is 4.73. The number of rotatable bonds is 4. The third-order valence-corrected chi connectivity index (χ3v) is 2.87. The molecule has 1 aromatic rings. The molecule has 0 radical (unpaired) electrons. The number of carbonyl (C=O) groups is 1. The minimum absolute atomic E-state index is 0.256. The predicted octanol–water partition coefficient (Wildman–Crippen LogP) is 3.11. The van der Waals surface area contributed by atoms with Crippen molar-refractivity contribution >= 4 is 21.9 Å². The first-order valence-electron chi connectivity index (χ1n) is 4.93. The van der Waals surface area contributed by atoms with Crippen molar-refractivity contribution in [2.24, 2.45) is 0 Å².